The van der Waals surface area contributed by atoms with E-state index >= 15 is 0 Å². The van der Waals surface area contributed by atoms with Crippen LogP contribution in [0.3, 0.4) is 0 Å². The lowest BCUT2D eigenvalue weighted by molar-refractivity contribution is -0.133. The average Bonchev–Trinajstić information content (AvgIpc) is 2.88. The molecule has 27 heavy (non-hydrogen) atoms. The summed E-state index contributed by atoms with van der Waals surface area (Å²) < 4.78 is 0. The van der Waals surface area contributed by atoms with Crippen LogP contribution in [0.25, 0.3) is 0 Å². The van der Waals surface area contributed by atoms with E-state index in [1.54, 1.807) is 18.2 Å². The van der Waals surface area contributed by atoms with Crippen LogP contribution in [0.1, 0.15) is 54.9 Å². The van der Waals surface area contributed by atoms with Crippen LogP contribution in [0.15, 0.2) is 18.2 Å². The van der Waals surface area contributed by atoms with Crippen LogP contribution in [-0.2, 0) is 16.0 Å². The molecule has 2 N–H and O–H groups in total. The maximum Gasteiger partial charge on any atom is 0.325 e. The van der Waals surface area contributed by atoms with E-state index in [9.17, 15) is 19.2 Å². The maximum atomic E-state index is 13.0. The van der Waals surface area contributed by atoms with Crippen molar-refractivity contribution >= 4 is 29.3 Å². The van der Waals surface area contributed by atoms with Crippen LogP contribution in [0.2, 0.25) is 0 Å². The molecule has 7 heteroatoms. The molecule has 142 valence electrons. The summed E-state index contributed by atoms with van der Waals surface area (Å²) in [6.45, 7) is 1.73. The average molecular weight is 369 g/mol. The predicted octanol–water partition coefficient (Wildman–Crippen LogP) is 2.25. The topological polar surface area (TPSA) is 95.6 Å². The molecule has 7 nitrogen and oxygen atoms in total. The fourth-order valence-corrected chi connectivity index (χ4v) is 4.43. The summed E-state index contributed by atoms with van der Waals surface area (Å²) in [5.74, 6) is -0.528. The van der Waals surface area contributed by atoms with Gasteiger partial charge in [-0.25, -0.2) is 4.79 Å². The Bertz CT molecular complexity index is 850. The summed E-state index contributed by atoms with van der Waals surface area (Å²) in [4.78, 5) is 50.7. The number of imide groups is 1. The number of hydrogen-bond acceptors (Lipinski definition) is 4. The van der Waals surface area contributed by atoms with E-state index in [0.29, 0.717) is 30.5 Å². The first kappa shape index (κ1) is 17.7. The number of urea groups is 1. The van der Waals surface area contributed by atoms with E-state index in [1.165, 1.54) is 0 Å². The van der Waals surface area contributed by atoms with Gasteiger partial charge >= 0.3 is 6.03 Å². The number of carbonyl (C=O) groups is 4. The van der Waals surface area contributed by atoms with Crippen LogP contribution >= 0.6 is 0 Å². The normalized spacial score (nSPS) is 27.4. The zero-order valence-electron chi connectivity index (χ0n) is 15.3. The first-order valence-electron chi connectivity index (χ1n) is 9.51. The largest absolute Gasteiger partial charge is 0.326 e. The Morgan fingerprint density at radius 3 is 2.81 bits per heavy atom. The first-order valence-corrected chi connectivity index (χ1v) is 9.51. The summed E-state index contributed by atoms with van der Waals surface area (Å²) in [5, 5.41) is 5.65. The Morgan fingerprint density at radius 1 is 1.22 bits per heavy atom. The molecule has 0 unspecified atom stereocenters. The number of rotatable bonds is 3. The molecule has 1 aromatic rings. The van der Waals surface area contributed by atoms with Gasteiger partial charge in [-0.15, -0.1) is 0 Å². The molecule has 4 amide bonds. The number of nitrogens with one attached hydrogen (secondary N) is 2. The lowest BCUT2D eigenvalue weighted by Gasteiger charge is -2.36. The van der Waals surface area contributed by atoms with E-state index in [4.69, 9.17) is 0 Å². The van der Waals surface area contributed by atoms with Crippen molar-refractivity contribution in [3.63, 3.8) is 0 Å². The summed E-state index contributed by atoms with van der Waals surface area (Å²) in [6, 6.07) is 4.60. The van der Waals surface area contributed by atoms with Crippen LogP contribution in [0, 0.1) is 5.92 Å². The van der Waals surface area contributed by atoms with Gasteiger partial charge in [0.05, 0.1) is 6.54 Å². The van der Waals surface area contributed by atoms with Gasteiger partial charge in [-0.05, 0) is 48.9 Å². The van der Waals surface area contributed by atoms with Crippen LogP contribution in [0.5, 0.6) is 0 Å². The van der Waals surface area contributed by atoms with Crippen molar-refractivity contribution in [2.45, 2.75) is 51.0 Å². The number of fused-ring (bicyclic) bond motifs is 1. The number of benzene rings is 1. The summed E-state index contributed by atoms with van der Waals surface area (Å²) >= 11 is 0. The third-order valence-corrected chi connectivity index (χ3v) is 6.13. The molecule has 1 aromatic carbocycles. The molecule has 1 aliphatic carbocycles. The van der Waals surface area contributed by atoms with Gasteiger partial charge in [0, 0.05) is 17.7 Å². The zero-order chi connectivity index (χ0) is 19.2. The molecule has 2 atom stereocenters. The van der Waals surface area contributed by atoms with Crippen molar-refractivity contribution < 1.29 is 19.2 Å². The molecule has 1 spiro atoms. The predicted molar refractivity (Wildman–Crippen MR) is 98.3 cm³/mol. The molecule has 2 fully saturated rings. The van der Waals surface area contributed by atoms with E-state index in [2.05, 4.69) is 10.6 Å². The number of amides is 4. The second-order valence-electron chi connectivity index (χ2n) is 7.78. The molecular weight excluding hydrogens is 346 g/mol. The third-order valence-electron chi connectivity index (χ3n) is 6.13. The summed E-state index contributed by atoms with van der Waals surface area (Å²) in [6.07, 6.45) is 4.43. The van der Waals surface area contributed by atoms with Gasteiger partial charge in [0.25, 0.3) is 5.91 Å². The molecule has 0 aromatic heterocycles. The highest BCUT2D eigenvalue weighted by atomic mass is 16.2. The van der Waals surface area contributed by atoms with Crippen molar-refractivity contribution in [2.24, 2.45) is 5.92 Å². The Labute approximate surface area is 157 Å². The van der Waals surface area contributed by atoms with Gasteiger partial charge in [0.15, 0.2) is 5.78 Å². The van der Waals surface area contributed by atoms with Gasteiger partial charge < -0.3 is 10.6 Å². The van der Waals surface area contributed by atoms with Crippen molar-refractivity contribution in [1.82, 2.24) is 10.2 Å². The van der Waals surface area contributed by atoms with Crippen LogP contribution in [-0.4, -0.2) is 40.6 Å². The highest BCUT2D eigenvalue weighted by Gasteiger charge is 2.55. The first-order chi connectivity index (χ1) is 12.9. The van der Waals surface area contributed by atoms with Gasteiger partial charge in [-0.1, -0.05) is 19.8 Å². The second kappa shape index (κ2) is 6.48. The van der Waals surface area contributed by atoms with Crippen molar-refractivity contribution in [2.75, 3.05) is 11.9 Å². The number of ketones is 1. The maximum absolute atomic E-state index is 13.0. The Hall–Kier alpha value is -2.70. The minimum Gasteiger partial charge on any atom is -0.326 e. The quantitative estimate of drug-likeness (QED) is 0.631. The van der Waals surface area contributed by atoms with Crippen LogP contribution < -0.4 is 10.6 Å². The van der Waals surface area contributed by atoms with E-state index in [-0.39, 0.29) is 30.1 Å². The number of aryl methyl sites for hydroxylation is 1. The molecule has 4 rings (SSSR count). The lowest BCUT2D eigenvalue weighted by atomic mass is 9.73. The molecule has 1 saturated carbocycles. The fraction of sp³-hybridized carbons (Fsp3) is 0.500. The van der Waals surface area contributed by atoms with Gasteiger partial charge in [0.2, 0.25) is 5.91 Å². The number of carbonyl (C=O) groups excluding carboxylic acids is 4. The number of hydrogen-bond donors (Lipinski definition) is 2. The van der Waals surface area contributed by atoms with Gasteiger partial charge in [-0.3, -0.25) is 19.3 Å². The van der Waals surface area contributed by atoms with Crippen molar-refractivity contribution in [3.05, 3.63) is 29.3 Å². The lowest BCUT2D eigenvalue weighted by Crippen LogP contribution is -2.54. The SMILES string of the molecule is C[C@H]1CCCC[C@@]12NC(=O)N(CC(=O)c1ccc3c(c1)CCC(=O)N3)C2=O. The molecular formula is C20H23N3O4. The third kappa shape index (κ3) is 2.91. The van der Waals surface area contributed by atoms with Gasteiger partial charge in [0.1, 0.15) is 5.54 Å². The molecule has 2 aliphatic heterocycles. The molecule has 3 aliphatic rings. The summed E-state index contributed by atoms with van der Waals surface area (Å²) in [7, 11) is 0. The smallest absolute Gasteiger partial charge is 0.325 e. The van der Waals surface area contributed by atoms with E-state index in [1.807, 2.05) is 6.92 Å². The Balaban J connectivity index is 1.52. The standard InChI is InChI=1S/C20H23N3O4/c1-12-4-2-3-9-20(12)18(26)23(19(27)22-20)11-16(24)14-5-7-15-13(10-14)6-8-17(25)21-15/h5,7,10,12H,2-4,6,8-9,11H2,1H3,(H,21,25)(H,22,27)/t12-,20+/m0/s1. The number of anilines is 1. The fourth-order valence-electron chi connectivity index (χ4n) is 4.43. The highest BCUT2D eigenvalue weighted by molar-refractivity contribution is 6.11. The van der Waals surface area contributed by atoms with Crippen molar-refractivity contribution in [3.8, 4) is 0 Å². The monoisotopic (exact) mass is 369 g/mol. The molecule has 0 radical (unpaired) electrons. The Morgan fingerprint density at radius 2 is 2.04 bits per heavy atom. The van der Waals surface area contributed by atoms with E-state index in [0.717, 1.165) is 29.7 Å². The highest BCUT2D eigenvalue weighted by Crippen LogP contribution is 2.38. The zero-order valence-corrected chi connectivity index (χ0v) is 15.3. The second-order valence-corrected chi connectivity index (χ2v) is 7.78. The minimum absolute atomic E-state index is 0.0344. The minimum atomic E-state index is -0.851. The van der Waals surface area contributed by atoms with E-state index < -0.39 is 11.6 Å². The number of nitrogens with zero attached hydrogens (tertiary/aromatic N) is 1. The summed E-state index contributed by atoms with van der Waals surface area (Å²) in [5.41, 5.74) is 1.21. The molecule has 2 heterocycles. The molecule has 0 bridgehead atoms. The van der Waals surface area contributed by atoms with Gasteiger partial charge in [-0.2, -0.15) is 0 Å². The van der Waals surface area contributed by atoms with Crippen molar-refractivity contribution in [1.29, 1.82) is 0 Å². The Kier molecular flexibility index (Phi) is 4.25. The molecule has 1 saturated heterocycles. The number of Topliss-reactive ketones (excluding diaryl/α,β-unsaturated/α-hetero) is 1. The van der Waals surface area contributed by atoms with Crippen LogP contribution in [0.4, 0.5) is 10.5 Å².